The smallest absolute Gasteiger partial charge is 0.194 e. The number of halogens is 1. The fraction of sp³-hybridized carbons (Fsp3) is 0.409. The van der Waals surface area contributed by atoms with Gasteiger partial charge in [0, 0.05) is 39.3 Å². The molecule has 1 heterocycles. The molecule has 1 aliphatic heterocycles. The van der Waals surface area contributed by atoms with Crippen molar-refractivity contribution in [2.24, 2.45) is 4.99 Å². The van der Waals surface area contributed by atoms with Gasteiger partial charge >= 0.3 is 0 Å². The number of piperazine rings is 1. The number of aromatic hydroxyl groups is 1. The number of aliphatic imine (C=N–C) groups is 1. The van der Waals surface area contributed by atoms with Gasteiger partial charge < -0.3 is 20.1 Å². The van der Waals surface area contributed by atoms with Crippen LogP contribution in [0.25, 0.3) is 0 Å². The number of phenols is 1. The molecule has 0 unspecified atom stereocenters. The lowest BCUT2D eigenvalue weighted by molar-refractivity contribution is 0.172. The van der Waals surface area contributed by atoms with Crippen LogP contribution in [0, 0.1) is 5.82 Å². The minimum atomic E-state index is -0.320. The van der Waals surface area contributed by atoms with Gasteiger partial charge in [0.15, 0.2) is 17.5 Å². The van der Waals surface area contributed by atoms with E-state index in [0.717, 1.165) is 56.4 Å². The molecule has 6 nitrogen and oxygen atoms in total. The van der Waals surface area contributed by atoms with E-state index in [4.69, 9.17) is 9.73 Å². The minimum Gasteiger partial charge on any atom is -0.508 e. The van der Waals surface area contributed by atoms with E-state index in [-0.39, 0.29) is 17.3 Å². The average Bonchev–Trinajstić information content (AvgIpc) is 2.73. The Kier molecular flexibility index (Phi) is 7.30. The lowest BCUT2D eigenvalue weighted by Crippen LogP contribution is -2.52. The van der Waals surface area contributed by atoms with Gasteiger partial charge in [-0.05, 0) is 42.3 Å². The summed E-state index contributed by atoms with van der Waals surface area (Å²) in [7, 11) is 1.47. The first kappa shape index (κ1) is 20.9. The van der Waals surface area contributed by atoms with E-state index in [1.807, 2.05) is 18.2 Å². The van der Waals surface area contributed by atoms with Crippen LogP contribution in [0.2, 0.25) is 0 Å². The molecule has 0 aromatic heterocycles. The topological polar surface area (TPSA) is 60.3 Å². The summed E-state index contributed by atoms with van der Waals surface area (Å²) in [4.78, 5) is 9.32. The molecule has 29 heavy (non-hydrogen) atoms. The summed E-state index contributed by atoms with van der Waals surface area (Å²) in [5, 5.41) is 12.8. The van der Waals surface area contributed by atoms with Crippen molar-refractivity contribution in [1.82, 2.24) is 15.1 Å². The first-order valence-corrected chi connectivity index (χ1v) is 9.95. The van der Waals surface area contributed by atoms with Crippen molar-refractivity contribution in [3.05, 3.63) is 59.4 Å². The van der Waals surface area contributed by atoms with Crippen LogP contribution in [0.3, 0.4) is 0 Å². The highest BCUT2D eigenvalue weighted by molar-refractivity contribution is 5.80. The van der Waals surface area contributed by atoms with Crippen LogP contribution >= 0.6 is 0 Å². The number of benzene rings is 2. The third-order valence-electron chi connectivity index (χ3n) is 4.98. The number of nitrogens with one attached hydrogen (secondary N) is 1. The van der Waals surface area contributed by atoms with Crippen LogP contribution in [0.15, 0.2) is 47.5 Å². The van der Waals surface area contributed by atoms with Gasteiger partial charge in [-0.3, -0.25) is 4.90 Å². The maximum absolute atomic E-state index is 13.9. The zero-order chi connectivity index (χ0) is 20.6. The highest BCUT2D eigenvalue weighted by Gasteiger charge is 2.20. The quantitative estimate of drug-likeness (QED) is 0.577. The Labute approximate surface area is 171 Å². The predicted octanol–water partition coefficient (Wildman–Crippen LogP) is 2.82. The summed E-state index contributed by atoms with van der Waals surface area (Å²) in [6.07, 6.45) is 0. The van der Waals surface area contributed by atoms with Crippen LogP contribution in [-0.2, 0) is 13.1 Å². The summed E-state index contributed by atoms with van der Waals surface area (Å²) in [5.41, 5.74) is 2.00. The lowest BCUT2D eigenvalue weighted by atomic mass is 10.2. The Morgan fingerprint density at radius 1 is 1.10 bits per heavy atom. The van der Waals surface area contributed by atoms with E-state index < -0.39 is 0 Å². The van der Waals surface area contributed by atoms with Crippen molar-refractivity contribution in [1.29, 1.82) is 0 Å². The van der Waals surface area contributed by atoms with E-state index >= 15 is 0 Å². The normalized spacial score (nSPS) is 15.4. The third-order valence-corrected chi connectivity index (χ3v) is 4.98. The Bertz CT molecular complexity index is 818. The highest BCUT2D eigenvalue weighted by atomic mass is 19.1. The SMILES string of the molecule is CCNC(=NCc1ccc(O)cc1)N1CCN(Cc2ccc(OC)c(F)c2)CC1. The van der Waals surface area contributed by atoms with E-state index in [1.54, 1.807) is 24.3 Å². The van der Waals surface area contributed by atoms with Gasteiger partial charge in [0.1, 0.15) is 5.75 Å². The number of guanidine groups is 1. The maximum Gasteiger partial charge on any atom is 0.194 e. The monoisotopic (exact) mass is 400 g/mol. The Hall–Kier alpha value is -2.80. The molecule has 0 amide bonds. The second-order valence-corrected chi connectivity index (χ2v) is 7.07. The molecule has 0 saturated carbocycles. The number of hydrogen-bond donors (Lipinski definition) is 2. The fourth-order valence-corrected chi connectivity index (χ4v) is 3.38. The molecule has 0 bridgehead atoms. The largest absolute Gasteiger partial charge is 0.508 e. The Morgan fingerprint density at radius 3 is 2.41 bits per heavy atom. The molecule has 7 heteroatoms. The van der Waals surface area contributed by atoms with Crippen molar-refractivity contribution in [3.63, 3.8) is 0 Å². The van der Waals surface area contributed by atoms with Crippen LogP contribution in [-0.4, -0.2) is 60.7 Å². The van der Waals surface area contributed by atoms with Crippen LogP contribution < -0.4 is 10.1 Å². The predicted molar refractivity (Wildman–Crippen MR) is 113 cm³/mol. The molecule has 1 fully saturated rings. The molecule has 2 N–H and O–H groups in total. The van der Waals surface area contributed by atoms with Gasteiger partial charge in [0.05, 0.1) is 13.7 Å². The third kappa shape index (κ3) is 5.84. The number of methoxy groups -OCH3 is 1. The average molecular weight is 400 g/mol. The summed E-state index contributed by atoms with van der Waals surface area (Å²) in [5.74, 6) is 1.12. The van der Waals surface area contributed by atoms with Crippen LogP contribution in [0.5, 0.6) is 11.5 Å². The molecule has 156 valence electrons. The number of hydrogen-bond acceptors (Lipinski definition) is 4. The fourth-order valence-electron chi connectivity index (χ4n) is 3.38. The van der Waals surface area contributed by atoms with E-state index in [1.165, 1.54) is 7.11 Å². The van der Waals surface area contributed by atoms with Gasteiger partial charge in [0.25, 0.3) is 0 Å². The standard InChI is InChI=1S/C22H29FN4O2/c1-3-24-22(25-15-17-4-7-19(28)8-5-17)27-12-10-26(11-13-27)16-18-6-9-21(29-2)20(23)14-18/h4-9,14,28H,3,10-13,15-16H2,1-2H3,(H,24,25). The summed E-state index contributed by atoms with van der Waals surface area (Å²) in [6, 6.07) is 12.3. The molecular weight excluding hydrogens is 371 g/mol. The molecule has 1 saturated heterocycles. The first-order valence-electron chi connectivity index (χ1n) is 9.95. The van der Waals surface area contributed by atoms with Crippen molar-refractivity contribution in [3.8, 4) is 11.5 Å². The van der Waals surface area contributed by atoms with Gasteiger partial charge in [-0.25, -0.2) is 9.38 Å². The van der Waals surface area contributed by atoms with Crippen molar-refractivity contribution in [2.75, 3.05) is 39.8 Å². The van der Waals surface area contributed by atoms with Crippen molar-refractivity contribution in [2.45, 2.75) is 20.0 Å². The van der Waals surface area contributed by atoms with Gasteiger partial charge in [-0.15, -0.1) is 0 Å². The molecular formula is C22H29FN4O2. The number of phenolic OH excluding ortho intramolecular Hbond substituents is 1. The molecule has 0 spiro atoms. The Balaban J connectivity index is 1.56. The van der Waals surface area contributed by atoms with Gasteiger partial charge in [-0.2, -0.15) is 0 Å². The van der Waals surface area contributed by atoms with E-state index in [0.29, 0.717) is 6.54 Å². The second-order valence-electron chi connectivity index (χ2n) is 7.07. The zero-order valence-corrected chi connectivity index (χ0v) is 17.1. The molecule has 0 atom stereocenters. The second kappa shape index (κ2) is 10.1. The summed E-state index contributed by atoms with van der Waals surface area (Å²) >= 11 is 0. The van der Waals surface area contributed by atoms with Crippen LogP contribution in [0.4, 0.5) is 4.39 Å². The zero-order valence-electron chi connectivity index (χ0n) is 17.1. The summed E-state index contributed by atoms with van der Waals surface area (Å²) in [6.45, 7) is 7.64. The van der Waals surface area contributed by atoms with Crippen LogP contribution in [0.1, 0.15) is 18.1 Å². The minimum absolute atomic E-state index is 0.262. The van der Waals surface area contributed by atoms with Crippen molar-refractivity contribution >= 4 is 5.96 Å². The lowest BCUT2D eigenvalue weighted by Gasteiger charge is -2.36. The molecule has 3 rings (SSSR count). The molecule has 0 aliphatic carbocycles. The molecule has 0 radical (unpaired) electrons. The molecule has 2 aromatic carbocycles. The van der Waals surface area contributed by atoms with E-state index in [9.17, 15) is 9.50 Å². The molecule has 2 aromatic rings. The van der Waals surface area contributed by atoms with E-state index in [2.05, 4.69) is 22.0 Å². The van der Waals surface area contributed by atoms with Gasteiger partial charge in [0.2, 0.25) is 0 Å². The first-order chi connectivity index (χ1) is 14.1. The maximum atomic E-state index is 13.9. The highest BCUT2D eigenvalue weighted by Crippen LogP contribution is 2.19. The Morgan fingerprint density at radius 2 is 1.79 bits per heavy atom. The van der Waals surface area contributed by atoms with Crippen molar-refractivity contribution < 1.29 is 14.2 Å². The number of ether oxygens (including phenoxy) is 1. The number of rotatable bonds is 6. The summed E-state index contributed by atoms with van der Waals surface area (Å²) < 4.78 is 18.9. The molecule has 1 aliphatic rings. The van der Waals surface area contributed by atoms with Gasteiger partial charge in [-0.1, -0.05) is 18.2 Å². The number of nitrogens with zero attached hydrogens (tertiary/aromatic N) is 3.